The molecule has 2 nitrogen and oxygen atoms in total. The van der Waals surface area contributed by atoms with Gasteiger partial charge in [0.05, 0.1) is 0 Å². The summed E-state index contributed by atoms with van der Waals surface area (Å²) in [5, 5.41) is 7.57. The number of hydrogen-bond donors (Lipinski definition) is 1. The van der Waals surface area contributed by atoms with Gasteiger partial charge in [-0.05, 0) is 0 Å². The van der Waals surface area contributed by atoms with E-state index in [1.54, 1.807) is 0 Å². The van der Waals surface area contributed by atoms with Crippen molar-refractivity contribution in [3.05, 3.63) is 0 Å². The number of hydrogen-bond acceptors (Lipinski definition) is 1. The van der Waals surface area contributed by atoms with E-state index in [2.05, 4.69) is 0 Å². The monoisotopic (exact) mass is 418 g/mol. The van der Waals surface area contributed by atoms with Crippen LogP contribution in [0.25, 0.3) is 0 Å². The van der Waals surface area contributed by atoms with E-state index < -0.39 is 47.7 Å². The van der Waals surface area contributed by atoms with E-state index in [-0.39, 0.29) is 0 Å². The molecule has 0 aromatic rings. The summed E-state index contributed by atoms with van der Waals surface area (Å²) in [5.74, 6) is -52.8. The number of rotatable bonds is 6. The molecule has 0 heterocycles. The zero-order valence-corrected chi connectivity index (χ0v) is 10.5. The first-order valence-electron chi connectivity index (χ1n) is 5.01. The minimum absolute atomic E-state index is 4.28. The molecule has 0 saturated carbocycles. The maximum absolute atomic E-state index is 12.8. The highest BCUT2D eigenvalue weighted by molar-refractivity contribution is 5.77. The van der Waals surface area contributed by atoms with Gasteiger partial charge in [-0.25, -0.2) is 4.79 Å². The summed E-state index contributed by atoms with van der Waals surface area (Å²) in [5.41, 5.74) is 0. The van der Waals surface area contributed by atoms with Crippen LogP contribution in [0.1, 0.15) is 0 Å². The first-order chi connectivity index (χ1) is 10.4. The average molecular weight is 418 g/mol. The third kappa shape index (κ3) is 2.74. The van der Waals surface area contributed by atoms with Crippen LogP contribution in [0.2, 0.25) is 0 Å². The molecule has 0 atom stereocenters. The lowest BCUT2D eigenvalue weighted by atomic mass is 10.1. The molecule has 25 heavy (non-hydrogen) atoms. The Hall–Kier alpha value is -1.58. The normalized spacial score (nSPS) is 16.1. The van der Waals surface area contributed by atoms with E-state index in [0.29, 0.717) is 0 Å². The summed E-state index contributed by atoms with van der Waals surface area (Å²) in [4.78, 5) is 9.72. The Morgan fingerprint density at radius 1 is 0.480 bits per heavy atom. The fourth-order valence-corrected chi connectivity index (χ4v) is 1.10. The zero-order valence-electron chi connectivity index (χ0n) is 10.5. The Labute approximate surface area is 125 Å². The number of alkyl halides is 15. The second-order valence-corrected chi connectivity index (χ2v) is 4.25. The Balaban J connectivity index is 6.55. The van der Waals surface area contributed by atoms with Crippen LogP contribution in [0.15, 0.2) is 0 Å². The highest BCUT2D eigenvalue weighted by Gasteiger charge is 2.94. The highest BCUT2D eigenvalue weighted by Crippen LogP contribution is 2.62. The molecule has 0 rings (SSSR count). The zero-order chi connectivity index (χ0) is 21.1. The van der Waals surface area contributed by atoms with E-state index in [1.165, 1.54) is 0 Å². The first-order valence-corrected chi connectivity index (χ1v) is 5.01. The van der Waals surface area contributed by atoms with Gasteiger partial charge < -0.3 is 5.11 Å². The van der Waals surface area contributed by atoms with Gasteiger partial charge in [-0.1, -0.05) is 0 Å². The van der Waals surface area contributed by atoms with Crippen LogP contribution in [-0.2, 0) is 4.79 Å². The quantitative estimate of drug-likeness (QED) is 0.512. The summed E-state index contributed by atoms with van der Waals surface area (Å²) in [6.07, 6.45) is -7.69. The summed E-state index contributed by atoms with van der Waals surface area (Å²) in [7, 11) is 0. The third-order valence-electron chi connectivity index (χ3n) is 2.60. The van der Waals surface area contributed by atoms with Gasteiger partial charge in [0, 0.05) is 0 Å². The molecular formula is C8HF15O2. The van der Waals surface area contributed by atoms with E-state index in [0.717, 1.165) is 0 Å². The number of carboxylic acids is 1. The molecule has 150 valence electrons. The van der Waals surface area contributed by atoms with Crippen molar-refractivity contribution < 1.29 is 75.8 Å². The van der Waals surface area contributed by atoms with Gasteiger partial charge in [0.25, 0.3) is 0 Å². The van der Waals surface area contributed by atoms with Crippen molar-refractivity contribution in [2.24, 2.45) is 0 Å². The Kier molecular flexibility index (Phi) is 5.11. The second-order valence-electron chi connectivity index (χ2n) is 4.25. The summed E-state index contributed by atoms with van der Waals surface area (Å²) < 4.78 is 187. The van der Waals surface area contributed by atoms with E-state index in [9.17, 15) is 70.7 Å². The molecule has 0 unspecified atom stereocenters. The van der Waals surface area contributed by atoms with Crippen molar-refractivity contribution in [1.82, 2.24) is 0 Å². The average Bonchev–Trinajstić information content (AvgIpc) is 2.35. The predicted molar refractivity (Wildman–Crippen MR) is 43.4 cm³/mol. The molecule has 0 radical (unpaired) electrons. The molecule has 0 aliphatic rings. The molecule has 0 saturated heterocycles. The van der Waals surface area contributed by atoms with Crippen molar-refractivity contribution in [1.29, 1.82) is 0 Å². The summed E-state index contributed by atoms with van der Waals surface area (Å²) in [6, 6.07) is 0. The van der Waals surface area contributed by atoms with E-state index in [4.69, 9.17) is 5.11 Å². The molecule has 0 amide bonds. The molecule has 0 aromatic heterocycles. The number of carboxylic acid groups (broad SMARTS) is 1. The third-order valence-corrected chi connectivity index (χ3v) is 2.60. The highest BCUT2D eigenvalue weighted by atomic mass is 19.4. The standard InChI is InChI=1S/C8HF15O2/c9-2(10,1(24)25)3(11,12)4(13,14)5(15,16)6(17,18)7(19,20)8(21,22)23/h(H,24,25)/i1+1,2+1,3+1,4+1. The first kappa shape index (κ1) is 23.4. The van der Waals surface area contributed by atoms with Gasteiger partial charge in [-0.3, -0.25) is 0 Å². The van der Waals surface area contributed by atoms with Gasteiger partial charge in [-0.2, -0.15) is 65.9 Å². The van der Waals surface area contributed by atoms with Crippen LogP contribution in [0, 0.1) is 0 Å². The lowest BCUT2D eigenvalue weighted by molar-refractivity contribution is -0.450. The van der Waals surface area contributed by atoms with Gasteiger partial charge in [0.2, 0.25) is 0 Å². The van der Waals surface area contributed by atoms with Gasteiger partial charge in [-0.15, -0.1) is 0 Å². The molecule has 0 bridgehead atoms. The van der Waals surface area contributed by atoms with Gasteiger partial charge in [0.1, 0.15) is 0 Å². The maximum atomic E-state index is 12.8. The van der Waals surface area contributed by atoms with Crippen molar-refractivity contribution in [2.45, 2.75) is 41.7 Å². The minimum atomic E-state index is -8.47. The van der Waals surface area contributed by atoms with Crippen LogP contribution >= 0.6 is 0 Å². The fraction of sp³-hybridized carbons (Fsp3) is 0.875. The lowest BCUT2D eigenvalue weighted by Crippen LogP contribution is -2.73. The van der Waals surface area contributed by atoms with Crippen LogP contribution in [-0.4, -0.2) is 52.8 Å². The van der Waals surface area contributed by atoms with Crippen molar-refractivity contribution in [3.63, 3.8) is 0 Å². The van der Waals surface area contributed by atoms with Crippen LogP contribution in [0.5, 0.6) is 0 Å². The minimum Gasteiger partial charge on any atom is -0.477 e. The molecule has 0 aliphatic carbocycles. The largest absolute Gasteiger partial charge is 0.477 e. The molecule has 17 heteroatoms. The van der Waals surface area contributed by atoms with Crippen LogP contribution < -0.4 is 0 Å². The maximum Gasteiger partial charge on any atom is 0.460 e. The summed E-state index contributed by atoms with van der Waals surface area (Å²) >= 11 is 0. The van der Waals surface area contributed by atoms with Crippen LogP contribution in [0.3, 0.4) is 0 Å². The predicted octanol–water partition coefficient (Wildman–Crippen LogP) is 4.45. The van der Waals surface area contributed by atoms with E-state index >= 15 is 0 Å². The molecule has 0 aliphatic heterocycles. The second kappa shape index (κ2) is 5.46. The Morgan fingerprint density at radius 3 is 0.960 bits per heavy atom. The lowest BCUT2D eigenvalue weighted by Gasteiger charge is -2.40. The smallest absolute Gasteiger partial charge is 0.460 e. The van der Waals surface area contributed by atoms with Gasteiger partial charge in [0.15, 0.2) is 0 Å². The van der Waals surface area contributed by atoms with Crippen molar-refractivity contribution >= 4 is 5.97 Å². The Morgan fingerprint density at radius 2 is 0.720 bits per heavy atom. The van der Waals surface area contributed by atoms with Crippen LogP contribution in [0.4, 0.5) is 65.9 Å². The molecule has 0 spiro atoms. The summed E-state index contributed by atoms with van der Waals surface area (Å²) in [6.45, 7) is 0. The number of aliphatic carboxylic acids is 1. The molecule has 0 fully saturated rings. The SMILES string of the molecule is O=[13C](O)[13C](F)(F)[13C](F)(F)[13C](F)(F)C(F)(F)C(F)(F)C(F)(F)C(F)(F)F. The number of carbonyl (C=O) groups is 1. The molecule has 1 N–H and O–H groups in total. The molecular weight excluding hydrogens is 417 g/mol. The number of halogens is 15. The molecule has 0 aromatic carbocycles. The van der Waals surface area contributed by atoms with Crippen molar-refractivity contribution in [3.8, 4) is 0 Å². The van der Waals surface area contributed by atoms with E-state index in [1.807, 2.05) is 0 Å². The fourth-order valence-electron chi connectivity index (χ4n) is 1.10. The topological polar surface area (TPSA) is 37.3 Å². The Bertz CT molecular complexity index is 530. The van der Waals surface area contributed by atoms with Gasteiger partial charge >= 0.3 is 47.7 Å². The van der Waals surface area contributed by atoms with Crippen molar-refractivity contribution in [2.75, 3.05) is 0 Å².